The van der Waals surface area contributed by atoms with E-state index in [9.17, 15) is 0 Å². The Balaban J connectivity index is 1.77. The number of anilines is 1. The first kappa shape index (κ1) is 13.4. The van der Waals surface area contributed by atoms with Gasteiger partial charge in [-0.3, -0.25) is 0 Å². The van der Waals surface area contributed by atoms with E-state index in [1.165, 1.54) is 25.6 Å². The van der Waals surface area contributed by atoms with E-state index in [1.54, 1.807) is 11.0 Å². The van der Waals surface area contributed by atoms with E-state index >= 15 is 0 Å². The van der Waals surface area contributed by atoms with Crippen molar-refractivity contribution in [3.63, 3.8) is 0 Å². The summed E-state index contributed by atoms with van der Waals surface area (Å²) in [6.07, 6.45) is 6.95. The molecule has 106 valence electrons. The minimum atomic E-state index is 0.520. The molecule has 0 bridgehead atoms. The predicted octanol–water partition coefficient (Wildman–Crippen LogP) is 2.47. The molecule has 2 heterocycles. The van der Waals surface area contributed by atoms with E-state index in [2.05, 4.69) is 20.7 Å². The van der Waals surface area contributed by atoms with Crippen molar-refractivity contribution < 1.29 is 0 Å². The molecule has 1 atom stereocenters. The van der Waals surface area contributed by atoms with Gasteiger partial charge in [0.25, 0.3) is 0 Å². The van der Waals surface area contributed by atoms with Crippen molar-refractivity contribution in [2.45, 2.75) is 25.3 Å². The third-order valence-corrected chi connectivity index (χ3v) is 3.89. The minimum Gasteiger partial charge on any atom is -0.382 e. The summed E-state index contributed by atoms with van der Waals surface area (Å²) in [6.45, 7) is 2.00. The number of rotatable bonds is 4. The fourth-order valence-electron chi connectivity index (χ4n) is 2.55. The van der Waals surface area contributed by atoms with Crippen LogP contribution in [0.2, 0.25) is 5.02 Å². The summed E-state index contributed by atoms with van der Waals surface area (Å²) in [6, 6.07) is 6.35. The first-order chi connectivity index (χ1) is 9.84. The van der Waals surface area contributed by atoms with Crippen molar-refractivity contribution in [3.05, 3.63) is 35.9 Å². The summed E-state index contributed by atoms with van der Waals surface area (Å²) in [5.41, 5.74) is 1.83. The normalized spacial score (nSPS) is 18.9. The van der Waals surface area contributed by atoms with Gasteiger partial charge < -0.3 is 10.6 Å². The number of benzene rings is 1. The number of para-hydroxylation sites is 1. The second-order valence-electron chi connectivity index (χ2n) is 5.00. The molecule has 2 aromatic rings. The van der Waals surface area contributed by atoms with E-state index in [4.69, 9.17) is 11.6 Å². The molecule has 0 saturated carbocycles. The molecule has 1 aliphatic rings. The van der Waals surface area contributed by atoms with Crippen molar-refractivity contribution in [1.82, 2.24) is 20.1 Å². The van der Waals surface area contributed by atoms with Gasteiger partial charge in [-0.15, -0.1) is 0 Å². The van der Waals surface area contributed by atoms with Crippen molar-refractivity contribution >= 4 is 17.3 Å². The van der Waals surface area contributed by atoms with Crippen LogP contribution < -0.4 is 10.6 Å². The zero-order valence-corrected chi connectivity index (χ0v) is 12.0. The third kappa shape index (κ3) is 2.94. The zero-order valence-electron chi connectivity index (χ0n) is 11.2. The average molecular weight is 292 g/mol. The largest absolute Gasteiger partial charge is 0.382 e. The summed E-state index contributed by atoms with van der Waals surface area (Å²) >= 11 is 6.30. The first-order valence-electron chi connectivity index (χ1n) is 6.95. The van der Waals surface area contributed by atoms with Crippen molar-refractivity contribution in [1.29, 1.82) is 0 Å². The van der Waals surface area contributed by atoms with Gasteiger partial charge in [0.2, 0.25) is 0 Å². The molecular weight excluding hydrogens is 274 g/mol. The van der Waals surface area contributed by atoms with Crippen LogP contribution in [-0.2, 0) is 0 Å². The Morgan fingerprint density at radius 1 is 1.40 bits per heavy atom. The Bertz CT molecular complexity index is 549. The molecule has 0 radical (unpaired) electrons. The van der Waals surface area contributed by atoms with Crippen LogP contribution in [0.15, 0.2) is 30.9 Å². The molecule has 1 saturated heterocycles. The van der Waals surface area contributed by atoms with Crippen LogP contribution in [0, 0.1) is 0 Å². The Morgan fingerprint density at radius 2 is 2.35 bits per heavy atom. The fourth-order valence-corrected chi connectivity index (χ4v) is 2.81. The molecule has 20 heavy (non-hydrogen) atoms. The third-order valence-electron chi connectivity index (χ3n) is 3.59. The summed E-state index contributed by atoms with van der Waals surface area (Å²) in [5, 5.41) is 11.8. The quantitative estimate of drug-likeness (QED) is 0.909. The molecule has 0 spiro atoms. The van der Waals surface area contributed by atoms with E-state index in [1.807, 2.05) is 18.2 Å². The lowest BCUT2D eigenvalue weighted by molar-refractivity contribution is 0.414. The SMILES string of the molecule is Clc1cccc(NCC2CCCCN2)c1-n1cncn1. The van der Waals surface area contributed by atoms with Crippen LogP contribution >= 0.6 is 11.6 Å². The molecular formula is C14H18ClN5. The molecule has 1 aromatic heterocycles. The van der Waals surface area contributed by atoms with Gasteiger partial charge in [-0.2, -0.15) is 5.10 Å². The predicted molar refractivity (Wildman–Crippen MR) is 80.5 cm³/mol. The Morgan fingerprint density at radius 3 is 3.10 bits per heavy atom. The van der Waals surface area contributed by atoms with Crippen molar-refractivity contribution in [2.24, 2.45) is 0 Å². The van der Waals surface area contributed by atoms with Gasteiger partial charge in [-0.25, -0.2) is 9.67 Å². The summed E-state index contributed by atoms with van der Waals surface area (Å²) < 4.78 is 1.69. The van der Waals surface area contributed by atoms with Gasteiger partial charge in [0.15, 0.2) is 0 Å². The van der Waals surface area contributed by atoms with Gasteiger partial charge in [-0.05, 0) is 31.5 Å². The highest BCUT2D eigenvalue weighted by Crippen LogP contribution is 2.27. The van der Waals surface area contributed by atoms with Crippen LogP contribution in [-0.4, -0.2) is 33.9 Å². The highest BCUT2D eigenvalue weighted by atomic mass is 35.5. The van der Waals surface area contributed by atoms with Crippen LogP contribution in [0.3, 0.4) is 0 Å². The van der Waals surface area contributed by atoms with Crippen molar-refractivity contribution in [2.75, 3.05) is 18.4 Å². The highest BCUT2D eigenvalue weighted by Gasteiger charge is 2.14. The molecule has 1 aliphatic heterocycles. The first-order valence-corrected chi connectivity index (χ1v) is 7.33. The minimum absolute atomic E-state index is 0.520. The second-order valence-corrected chi connectivity index (χ2v) is 5.41. The number of hydrogen-bond donors (Lipinski definition) is 2. The molecule has 1 aromatic carbocycles. The van der Waals surface area contributed by atoms with Crippen LogP contribution in [0.1, 0.15) is 19.3 Å². The van der Waals surface area contributed by atoms with Gasteiger partial charge in [0.1, 0.15) is 18.3 Å². The lowest BCUT2D eigenvalue weighted by Gasteiger charge is -2.24. The Labute approximate surface area is 123 Å². The number of nitrogens with one attached hydrogen (secondary N) is 2. The average Bonchev–Trinajstić information content (AvgIpc) is 3.00. The summed E-state index contributed by atoms with van der Waals surface area (Å²) in [4.78, 5) is 3.98. The monoisotopic (exact) mass is 291 g/mol. The van der Waals surface area contributed by atoms with Gasteiger partial charge >= 0.3 is 0 Å². The van der Waals surface area contributed by atoms with E-state index < -0.39 is 0 Å². The molecule has 0 aliphatic carbocycles. The number of halogens is 1. The zero-order chi connectivity index (χ0) is 13.8. The maximum Gasteiger partial charge on any atom is 0.138 e. The van der Waals surface area contributed by atoms with E-state index in [-0.39, 0.29) is 0 Å². The van der Waals surface area contributed by atoms with Crippen LogP contribution in [0.5, 0.6) is 0 Å². The maximum absolute atomic E-state index is 6.30. The Hall–Kier alpha value is -1.59. The standard InChI is InChI=1S/C14H18ClN5/c15-12-5-3-6-13(14(12)20-10-16-9-19-20)18-8-11-4-1-2-7-17-11/h3,5-6,9-11,17-18H,1-2,4,7-8H2. The molecule has 1 fully saturated rings. The lowest BCUT2D eigenvalue weighted by Crippen LogP contribution is -2.39. The topological polar surface area (TPSA) is 54.8 Å². The number of aromatic nitrogens is 3. The highest BCUT2D eigenvalue weighted by molar-refractivity contribution is 6.33. The van der Waals surface area contributed by atoms with E-state index in [0.29, 0.717) is 11.1 Å². The van der Waals surface area contributed by atoms with E-state index in [0.717, 1.165) is 24.5 Å². The van der Waals surface area contributed by atoms with Crippen LogP contribution in [0.4, 0.5) is 5.69 Å². The Kier molecular flexibility index (Phi) is 4.18. The smallest absolute Gasteiger partial charge is 0.138 e. The second kappa shape index (κ2) is 6.24. The summed E-state index contributed by atoms with van der Waals surface area (Å²) in [7, 11) is 0. The number of piperidine rings is 1. The van der Waals surface area contributed by atoms with Crippen LogP contribution in [0.25, 0.3) is 5.69 Å². The molecule has 1 unspecified atom stereocenters. The molecule has 6 heteroatoms. The fraction of sp³-hybridized carbons (Fsp3) is 0.429. The van der Waals surface area contributed by atoms with Crippen molar-refractivity contribution in [3.8, 4) is 5.69 Å². The molecule has 3 rings (SSSR count). The number of nitrogens with zero attached hydrogens (tertiary/aromatic N) is 3. The molecule has 0 amide bonds. The number of hydrogen-bond acceptors (Lipinski definition) is 4. The van der Waals surface area contributed by atoms with Gasteiger partial charge in [0.05, 0.1) is 10.7 Å². The lowest BCUT2D eigenvalue weighted by atomic mass is 10.1. The molecule has 5 nitrogen and oxygen atoms in total. The van der Waals surface area contributed by atoms with Gasteiger partial charge in [0, 0.05) is 12.6 Å². The maximum atomic E-state index is 6.30. The molecule has 2 N–H and O–H groups in total. The summed E-state index contributed by atoms with van der Waals surface area (Å²) in [5.74, 6) is 0. The van der Waals surface area contributed by atoms with Gasteiger partial charge in [-0.1, -0.05) is 24.1 Å².